The first-order chi connectivity index (χ1) is 11.0. The molecule has 0 spiro atoms. The van der Waals surface area contributed by atoms with Crippen LogP contribution in [0, 0.1) is 0 Å². The molecule has 4 nitrogen and oxygen atoms in total. The summed E-state index contributed by atoms with van der Waals surface area (Å²) in [5.41, 5.74) is 6.30. The number of hydrogen-bond donors (Lipinski definition) is 1. The van der Waals surface area contributed by atoms with Crippen LogP contribution in [0.5, 0.6) is 0 Å². The number of carbonyl (C=O) groups excluding carboxylic acids is 1. The van der Waals surface area contributed by atoms with Crippen molar-refractivity contribution in [2.75, 3.05) is 26.2 Å². The second kappa shape index (κ2) is 9.56. The minimum atomic E-state index is -0.962. The lowest BCUT2D eigenvalue weighted by molar-refractivity contribution is -0.138. The van der Waals surface area contributed by atoms with Crippen molar-refractivity contribution in [2.45, 2.75) is 44.2 Å². The molecule has 2 aliphatic rings. The van der Waals surface area contributed by atoms with Gasteiger partial charge in [0.1, 0.15) is 5.54 Å². The summed E-state index contributed by atoms with van der Waals surface area (Å²) in [6.07, 6.45) is 5.35. The number of carbonyl (C=O) groups is 1. The van der Waals surface area contributed by atoms with Crippen LogP contribution in [0.15, 0.2) is 28.7 Å². The van der Waals surface area contributed by atoms with Crippen LogP contribution in [-0.4, -0.2) is 47.9 Å². The Hall–Kier alpha value is -0.330. The van der Waals surface area contributed by atoms with Gasteiger partial charge in [-0.25, -0.2) is 0 Å². The summed E-state index contributed by atoms with van der Waals surface area (Å²) in [6, 6.07) is 8.47. The Balaban J connectivity index is 0.00000156. The lowest BCUT2D eigenvalue weighted by Gasteiger charge is -2.40. The number of nitrogens with two attached hydrogens (primary N) is 1. The number of amides is 1. The summed E-state index contributed by atoms with van der Waals surface area (Å²) in [4.78, 5) is 17.4. The average Bonchev–Trinajstić information content (AvgIpc) is 3.09. The van der Waals surface area contributed by atoms with E-state index >= 15 is 0 Å². The van der Waals surface area contributed by atoms with Crippen molar-refractivity contribution in [1.82, 2.24) is 9.80 Å². The Kier molecular flexibility index (Phi) is 8.69. The van der Waals surface area contributed by atoms with Crippen molar-refractivity contribution in [3.63, 3.8) is 0 Å². The van der Waals surface area contributed by atoms with Gasteiger partial charge in [0.05, 0.1) is 0 Å². The van der Waals surface area contributed by atoms with Gasteiger partial charge in [0.2, 0.25) is 5.91 Å². The highest BCUT2D eigenvalue weighted by Crippen LogP contribution is 2.26. The molecule has 1 aliphatic heterocycles. The van der Waals surface area contributed by atoms with Gasteiger partial charge >= 0.3 is 0 Å². The number of piperazine rings is 1. The maximum Gasteiger partial charge on any atom is 0.247 e. The van der Waals surface area contributed by atoms with E-state index in [9.17, 15) is 4.79 Å². The summed E-state index contributed by atoms with van der Waals surface area (Å²) in [5, 5.41) is 0. The zero-order chi connectivity index (χ0) is 16.4. The minimum absolute atomic E-state index is 0. The molecule has 1 aromatic carbocycles. The summed E-state index contributed by atoms with van der Waals surface area (Å²) in [5.74, 6) is 0.0332. The summed E-state index contributed by atoms with van der Waals surface area (Å²) in [6.45, 7) is 5.36. The van der Waals surface area contributed by atoms with Crippen molar-refractivity contribution in [3.05, 3.63) is 34.3 Å². The average molecular weight is 453 g/mol. The van der Waals surface area contributed by atoms with E-state index in [1.54, 1.807) is 0 Å². The number of nitrogens with zero attached hydrogens (tertiary/aromatic N) is 2. The van der Waals surface area contributed by atoms with Crippen molar-refractivity contribution in [1.29, 1.82) is 0 Å². The molecular weight excluding hydrogens is 425 g/mol. The smallest absolute Gasteiger partial charge is 0.247 e. The van der Waals surface area contributed by atoms with E-state index in [1.165, 1.54) is 25.7 Å². The lowest BCUT2D eigenvalue weighted by atomic mass is 9.91. The molecule has 1 heterocycles. The molecule has 2 fully saturated rings. The molecule has 2 N–H and O–H groups in total. The van der Waals surface area contributed by atoms with Crippen LogP contribution in [0.2, 0.25) is 0 Å². The van der Waals surface area contributed by atoms with Gasteiger partial charge < -0.3 is 10.6 Å². The van der Waals surface area contributed by atoms with E-state index in [-0.39, 0.29) is 30.7 Å². The van der Waals surface area contributed by atoms with Gasteiger partial charge in [0, 0.05) is 36.7 Å². The Labute approximate surface area is 171 Å². The molecule has 0 aromatic heterocycles. The zero-order valence-corrected chi connectivity index (χ0v) is 17.8. The summed E-state index contributed by atoms with van der Waals surface area (Å²) >= 11 is 3.42. The first-order valence-electron chi connectivity index (χ1n) is 8.57. The third-order valence-electron chi connectivity index (χ3n) is 5.33. The summed E-state index contributed by atoms with van der Waals surface area (Å²) in [7, 11) is 0. The number of halogens is 3. The van der Waals surface area contributed by atoms with Crippen LogP contribution >= 0.6 is 40.7 Å². The van der Waals surface area contributed by atoms with Crippen LogP contribution in [-0.2, 0) is 10.3 Å². The van der Waals surface area contributed by atoms with Crippen molar-refractivity contribution >= 4 is 46.7 Å². The molecule has 1 atom stereocenters. The van der Waals surface area contributed by atoms with E-state index < -0.39 is 5.54 Å². The van der Waals surface area contributed by atoms with E-state index in [2.05, 4.69) is 20.8 Å². The molecular formula is C18H28BrCl2N3O. The van der Waals surface area contributed by atoms with Crippen LogP contribution in [0.1, 0.15) is 38.2 Å². The van der Waals surface area contributed by atoms with Crippen molar-refractivity contribution in [2.24, 2.45) is 5.73 Å². The molecule has 1 aromatic rings. The predicted molar refractivity (Wildman–Crippen MR) is 111 cm³/mol. The second-order valence-corrected chi connectivity index (χ2v) is 7.89. The van der Waals surface area contributed by atoms with Crippen LogP contribution in [0.4, 0.5) is 0 Å². The topological polar surface area (TPSA) is 49.6 Å². The predicted octanol–water partition coefficient (Wildman–Crippen LogP) is 3.55. The maximum absolute atomic E-state index is 12.9. The highest BCUT2D eigenvalue weighted by atomic mass is 79.9. The van der Waals surface area contributed by atoms with E-state index in [4.69, 9.17) is 5.73 Å². The monoisotopic (exact) mass is 451 g/mol. The van der Waals surface area contributed by atoms with E-state index in [0.29, 0.717) is 0 Å². The molecule has 1 saturated heterocycles. The van der Waals surface area contributed by atoms with Crippen molar-refractivity contribution < 1.29 is 4.79 Å². The van der Waals surface area contributed by atoms with Gasteiger partial charge in [0.15, 0.2) is 0 Å². The first-order valence-corrected chi connectivity index (χ1v) is 9.36. The minimum Gasteiger partial charge on any atom is -0.338 e. The molecule has 142 valence electrons. The molecule has 1 amide bonds. The summed E-state index contributed by atoms with van der Waals surface area (Å²) < 4.78 is 0.995. The Morgan fingerprint density at radius 3 is 2.12 bits per heavy atom. The first kappa shape index (κ1) is 22.7. The maximum atomic E-state index is 12.9. The molecule has 0 bridgehead atoms. The molecule has 25 heavy (non-hydrogen) atoms. The van der Waals surface area contributed by atoms with Gasteiger partial charge in [-0.1, -0.05) is 40.9 Å². The van der Waals surface area contributed by atoms with E-state index in [1.807, 2.05) is 36.1 Å². The number of hydrogen-bond acceptors (Lipinski definition) is 3. The number of rotatable bonds is 3. The molecule has 1 saturated carbocycles. The molecule has 1 aliphatic carbocycles. The quantitative estimate of drug-likeness (QED) is 0.762. The van der Waals surface area contributed by atoms with Gasteiger partial charge in [-0.2, -0.15) is 0 Å². The molecule has 1 unspecified atom stereocenters. The van der Waals surface area contributed by atoms with E-state index in [0.717, 1.165) is 42.3 Å². The molecule has 3 rings (SSSR count). The lowest BCUT2D eigenvalue weighted by Crippen LogP contribution is -2.57. The zero-order valence-electron chi connectivity index (χ0n) is 14.6. The Bertz CT molecular complexity index is 554. The van der Waals surface area contributed by atoms with Crippen LogP contribution in [0.3, 0.4) is 0 Å². The van der Waals surface area contributed by atoms with Crippen LogP contribution < -0.4 is 5.73 Å². The standard InChI is InChI=1S/C18H26BrN3O.2ClH/c1-18(20,14-6-8-15(19)9-7-14)17(23)22-12-10-21(11-13-22)16-4-2-3-5-16;;/h6-9,16H,2-5,10-13,20H2,1H3;2*1H. The van der Waals surface area contributed by atoms with Gasteiger partial charge in [-0.3, -0.25) is 9.69 Å². The van der Waals surface area contributed by atoms with Gasteiger partial charge in [-0.05, 0) is 37.5 Å². The Morgan fingerprint density at radius 2 is 1.60 bits per heavy atom. The largest absolute Gasteiger partial charge is 0.338 e. The van der Waals surface area contributed by atoms with Crippen molar-refractivity contribution in [3.8, 4) is 0 Å². The third kappa shape index (κ3) is 5.10. The highest BCUT2D eigenvalue weighted by molar-refractivity contribution is 9.10. The van der Waals surface area contributed by atoms with Gasteiger partial charge in [-0.15, -0.1) is 24.8 Å². The van der Waals surface area contributed by atoms with Gasteiger partial charge in [0.25, 0.3) is 0 Å². The van der Waals surface area contributed by atoms with Crippen LogP contribution in [0.25, 0.3) is 0 Å². The number of benzene rings is 1. The fourth-order valence-electron chi connectivity index (χ4n) is 3.81. The third-order valence-corrected chi connectivity index (χ3v) is 5.86. The SMILES string of the molecule is CC(N)(C(=O)N1CCN(C2CCCC2)CC1)c1ccc(Br)cc1.Cl.Cl. The second-order valence-electron chi connectivity index (χ2n) is 6.98. The normalized spacial score (nSPS) is 21.2. The fraction of sp³-hybridized carbons (Fsp3) is 0.611. The Morgan fingerprint density at radius 1 is 1.08 bits per heavy atom. The highest BCUT2D eigenvalue weighted by Gasteiger charge is 2.36. The molecule has 7 heteroatoms. The fourth-order valence-corrected chi connectivity index (χ4v) is 4.07. The molecule has 0 radical (unpaired) electrons.